The molecule has 1 saturated heterocycles. The molecule has 1 aliphatic heterocycles. The summed E-state index contributed by atoms with van der Waals surface area (Å²) in [6.07, 6.45) is 8.96. The summed E-state index contributed by atoms with van der Waals surface area (Å²) in [5.41, 5.74) is 5.17. The summed E-state index contributed by atoms with van der Waals surface area (Å²) in [5.74, 6) is 0.0529. The highest BCUT2D eigenvalue weighted by Gasteiger charge is 2.18. The molecule has 0 bridgehead atoms. The molecule has 3 aromatic heterocycles. The van der Waals surface area contributed by atoms with Gasteiger partial charge in [0.05, 0.1) is 17.4 Å². The molecule has 2 N–H and O–H groups in total. The molecule has 0 spiro atoms. The molecular weight excluding hydrogens is 464 g/mol. The summed E-state index contributed by atoms with van der Waals surface area (Å²) in [7, 11) is 0. The summed E-state index contributed by atoms with van der Waals surface area (Å²) in [4.78, 5) is 36.7. The Kier molecular flexibility index (Phi) is 7.37. The second kappa shape index (κ2) is 11.0. The highest BCUT2D eigenvalue weighted by molar-refractivity contribution is 6.11. The van der Waals surface area contributed by atoms with Crippen molar-refractivity contribution in [2.75, 3.05) is 18.4 Å². The molecule has 37 heavy (non-hydrogen) atoms. The van der Waals surface area contributed by atoms with Gasteiger partial charge in [-0.3, -0.25) is 29.6 Å². The summed E-state index contributed by atoms with van der Waals surface area (Å²) in [5, 5.41) is 10.8. The van der Waals surface area contributed by atoms with Crippen LogP contribution in [0.5, 0.6) is 0 Å². The lowest BCUT2D eigenvalue weighted by Crippen LogP contribution is -2.36. The van der Waals surface area contributed by atoms with Crippen molar-refractivity contribution >= 4 is 28.3 Å². The third-order valence-electron chi connectivity index (χ3n) is 7.20. The van der Waals surface area contributed by atoms with Gasteiger partial charge in [0.1, 0.15) is 5.69 Å². The molecule has 8 heteroatoms. The van der Waals surface area contributed by atoms with Crippen LogP contribution >= 0.6 is 0 Å². The van der Waals surface area contributed by atoms with Crippen LogP contribution in [0.15, 0.2) is 55.0 Å². The Balaban J connectivity index is 1.31. The molecule has 1 amide bonds. The Labute approximate surface area is 216 Å². The maximum absolute atomic E-state index is 13.1. The number of anilines is 1. The predicted molar refractivity (Wildman–Crippen MR) is 144 cm³/mol. The molecule has 1 aliphatic rings. The molecule has 0 radical (unpaired) electrons. The minimum atomic E-state index is -0.342. The topological polar surface area (TPSA) is 104 Å². The van der Waals surface area contributed by atoms with E-state index in [2.05, 4.69) is 50.3 Å². The van der Waals surface area contributed by atoms with E-state index in [1.165, 1.54) is 18.2 Å². The Morgan fingerprint density at radius 3 is 2.57 bits per heavy atom. The predicted octanol–water partition coefficient (Wildman–Crippen LogP) is 5.49. The van der Waals surface area contributed by atoms with Crippen molar-refractivity contribution in [1.82, 2.24) is 25.1 Å². The van der Waals surface area contributed by atoms with Gasteiger partial charge in [-0.2, -0.15) is 5.10 Å². The SMILES string of the molecule is CCC(CC)CC(=O)c1ccc(NC(=O)c2n[nH]c3ccc(-c4cncc(CN5CCC5)c4)cc23)cn1. The van der Waals surface area contributed by atoms with E-state index < -0.39 is 0 Å². The fourth-order valence-corrected chi connectivity index (χ4v) is 4.66. The second-order valence-corrected chi connectivity index (χ2v) is 9.74. The number of benzene rings is 1. The zero-order chi connectivity index (χ0) is 25.8. The maximum atomic E-state index is 13.1. The molecule has 1 fully saturated rings. The molecule has 0 unspecified atom stereocenters. The van der Waals surface area contributed by atoms with Crippen LogP contribution in [-0.4, -0.2) is 49.8 Å². The first kappa shape index (κ1) is 24.8. The number of Topliss-reactive ketones (excluding diaryl/α,β-unsaturated/α-hetero) is 1. The molecule has 0 saturated carbocycles. The van der Waals surface area contributed by atoms with Gasteiger partial charge in [0.2, 0.25) is 0 Å². The smallest absolute Gasteiger partial charge is 0.276 e. The van der Waals surface area contributed by atoms with Gasteiger partial charge in [-0.15, -0.1) is 0 Å². The number of H-pyrrole nitrogens is 1. The lowest BCUT2D eigenvalue weighted by atomic mass is 9.96. The highest BCUT2D eigenvalue weighted by Crippen LogP contribution is 2.27. The van der Waals surface area contributed by atoms with E-state index in [-0.39, 0.29) is 11.7 Å². The van der Waals surface area contributed by atoms with Gasteiger partial charge >= 0.3 is 0 Å². The van der Waals surface area contributed by atoms with E-state index in [1.54, 1.807) is 12.1 Å². The van der Waals surface area contributed by atoms with Crippen molar-refractivity contribution in [1.29, 1.82) is 0 Å². The van der Waals surface area contributed by atoms with E-state index in [9.17, 15) is 9.59 Å². The largest absolute Gasteiger partial charge is 0.319 e. The fourth-order valence-electron chi connectivity index (χ4n) is 4.66. The molecular formula is C29H32N6O2. The first-order valence-corrected chi connectivity index (χ1v) is 13.0. The van der Waals surface area contributed by atoms with E-state index in [0.717, 1.165) is 54.5 Å². The van der Waals surface area contributed by atoms with Gasteiger partial charge in [-0.25, -0.2) is 0 Å². The van der Waals surface area contributed by atoms with Crippen LogP contribution < -0.4 is 5.32 Å². The quantitative estimate of drug-likeness (QED) is 0.282. The van der Waals surface area contributed by atoms with Crippen molar-refractivity contribution in [3.05, 3.63) is 71.9 Å². The van der Waals surface area contributed by atoms with Crippen LogP contribution in [0.25, 0.3) is 22.0 Å². The van der Waals surface area contributed by atoms with Gasteiger partial charge in [0, 0.05) is 36.3 Å². The molecule has 5 rings (SSSR count). The van der Waals surface area contributed by atoms with Gasteiger partial charge in [-0.1, -0.05) is 32.8 Å². The van der Waals surface area contributed by atoms with E-state index in [0.29, 0.717) is 29.4 Å². The number of rotatable bonds is 10. The third kappa shape index (κ3) is 5.59. The summed E-state index contributed by atoms with van der Waals surface area (Å²) in [6, 6.07) is 11.4. The molecule has 1 aromatic carbocycles. The van der Waals surface area contributed by atoms with Crippen LogP contribution in [-0.2, 0) is 6.54 Å². The van der Waals surface area contributed by atoms with Crippen molar-refractivity contribution in [3.8, 4) is 11.1 Å². The fraction of sp³-hybridized carbons (Fsp3) is 0.345. The number of nitrogens with zero attached hydrogens (tertiary/aromatic N) is 4. The number of fused-ring (bicyclic) bond motifs is 1. The normalized spacial score (nSPS) is 13.6. The van der Waals surface area contributed by atoms with Crippen LogP contribution in [0.1, 0.15) is 66.1 Å². The standard InChI is InChI=1S/C29H32N6O2/c1-3-19(4-2)13-27(36)26-9-7-23(17-31-26)32-29(37)28-24-14-21(6-8-25(24)33-34-28)22-12-20(15-30-16-22)18-35-10-5-11-35/h6-9,12,14-17,19H,3-5,10-11,13,18H2,1-2H3,(H,32,37)(H,33,34). The van der Waals surface area contributed by atoms with Crippen LogP contribution in [0.4, 0.5) is 5.69 Å². The number of likely N-dealkylation sites (tertiary alicyclic amines) is 1. The zero-order valence-corrected chi connectivity index (χ0v) is 21.3. The average Bonchev–Trinajstić information content (AvgIpc) is 3.33. The number of pyridine rings is 2. The lowest BCUT2D eigenvalue weighted by molar-refractivity contribution is 0.0953. The number of aromatic amines is 1. The van der Waals surface area contributed by atoms with Gasteiger partial charge in [0.25, 0.3) is 5.91 Å². The van der Waals surface area contributed by atoms with Gasteiger partial charge in [0.15, 0.2) is 11.5 Å². The molecule has 4 heterocycles. The second-order valence-electron chi connectivity index (χ2n) is 9.74. The molecule has 4 aromatic rings. The minimum absolute atomic E-state index is 0.0286. The molecule has 8 nitrogen and oxygen atoms in total. The Hall–Kier alpha value is -3.91. The Morgan fingerprint density at radius 1 is 1.03 bits per heavy atom. The van der Waals surface area contributed by atoms with Crippen LogP contribution in [0, 0.1) is 5.92 Å². The number of hydrogen-bond donors (Lipinski definition) is 2. The number of aromatic nitrogens is 4. The van der Waals surface area contributed by atoms with E-state index in [4.69, 9.17) is 0 Å². The van der Waals surface area contributed by atoms with Crippen molar-refractivity contribution < 1.29 is 9.59 Å². The Bertz CT molecular complexity index is 1400. The summed E-state index contributed by atoms with van der Waals surface area (Å²) < 4.78 is 0. The molecule has 190 valence electrons. The van der Waals surface area contributed by atoms with Crippen LogP contribution in [0.2, 0.25) is 0 Å². The zero-order valence-electron chi connectivity index (χ0n) is 21.3. The number of carbonyl (C=O) groups excluding carboxylic acids is 2. The van der Waals surface area contributed by atoms with Crippen molar-refractivity contribution in [2.24, 2.45) is 5.92 Å². The van der Waals surface area contributed by atoms with Crippen molar-refractivity contribution in [3.63, 3.8) is 0 Å². The minimum Gasteiger partial charge on any atom is -0.319 e. The summed E-state index contributed by atoms with van der Waals surface area (Å²) in [6.45, 7) is 7.36. The lowest BCUT2D eigenvalue weighted by Gasteiger charge is -2.30. The molecule has 0 atom stereocenters. The number of carbonyl (C=O) groups is 2. The number of nitrogens with one attached hydrogen (secondary N) is 2. The van der Waals surface area contributed by atoms with Crippen molar-refractivity contribution in [2.45, 2.75) is 46.1 Å². The van der Waals surface area contributed by atoms with Crippen LogP contribution in [0.3, 0.4) is 0 Å². The maximum Gasteiger partial charge on any atom is 0.276 e. The summed E-state index contributed by atoms with van der Waals surface area (Å²) >= 11 is 0. The monoisotopic (exact) mass is 496 g/mol. The number of hydrogen-bond acceptors (Lipinski definition) is 6. The average molecular weight is 497 g/mol. The van der Waals surface area contributed by atoms with E-state index in [1.807, 2.05) is 30.6 Å². The first-order valence-electron chi connectivity index (χ1n) is 13.0. The van der Waals surface area contributed by atoms with Gasteiger partial charge < -0.3 is 5.32 Å². The van der Waals surface area contributed by atoms with Gasteiger partial charge in [-0.05, 0) is 66.9 Å². The highest BCUT2D eigenvalue weighted by atomic mass is 16.2. The van der Waals surface area contributed by atoms with E-state index >= 15 is 0 Å². The number of ketones is 1. The third-order valence-corrected chi connectivity index (χ3v) is 7.20. The Morgan fingerprint density at radius 2 is 1.86 bits per heavy atom. The molecule has 0 aliphatic carbocycles. The number of amides is 1. The first-order chi connectivity index (χ1) is 18.0.